The van der Waals surface area contributed by atoms with Crippen molar-refractivity contribution in [3.63, 3.8) is 0 Å². The van der Waals surface area contributed by atoms with Crippen molar-refractivity contribution >= 4 is 17.7 Å². The van der Waals surface area contributed by atoms with Crippen molar-refractivity contribution in [1.82, 2.24) is 25.5 Å². The van der Waals surface area contributed by atoms with E-state index >= 15 is 0 Å². The summed E-state index contributed by atoms with van der Waals surface area (Å²) in [6, 6.07) is 0.165. The number of fused-ring (bicyclic) bond motifs is 1. The monoisotopic (exact) mass is 313 g/mol. The van der Waals surface area contributed by atoms with Gasteiger partial charge in [0.2, 0.25) is 11.1 Å². The van der Waals surface area contributed by atoms with Gasteiger partial charge in [-0.3, -0.25) is 4.79 Å². The molecule has 0 aromatic carbocycles. The SMILES string of the molecule is Cn1nnnc1SCC(=O)NC1CCC2OCCOC2C1. The second kappa shape index (κ2) is 6.71. The Hall–Kier alpha value is -1.19. The number of aromatic nitrogens is 4. The Morgan fingerprint density at radius 3 is 2.95 bits per heavy atom. The van der Waals surface area contributed by atoms with Crippen LogP contribution in [-0.2, 0) is 21.3 Å². The molecule has 2 aliphatic rings. The summed E-state index contributed by atoms with van der Waals surface area (Å²) in [5.74, 6) is 0.319. The maximum absolute atomic E-state index is 12.0. The van der Waals surface area contributed by atoms with E-state index in [1.165, 1.54) is 11.8 Å². The third-order valence-electron chi connectivity index (χ3n) is 3.76. The van der Waals surface area contributed by atoms with Crippen molar-refractivity contribution in [3.05, 3.63) is 0 Å². The van der Waals surface area contributed by atoms with Gasteiger partial charge in [0.25, 0.3) is 0 Å². The molecule has 8 nitrogen and oxygen atoms in total. The highest BCUT2D eigenvalue weighted by atomic mass is 32.2. The molecule has 0 spiro atoms. The van der Waals surface area contributed by atoms with E-state index in [0.717, 1.165) is 19.3 Å². The van der Waals surface area contributed by atoms with Gasteiger partial charge in [0.1, 0.15) is 0 Å². The highest BCUT2D eigenvalue weighted by Gasteiger charge is 2.34. The van der Waals surface area contributed by atoms with Crippen molar-refractivity contribution in [1.29, 1.82) is 0 Å². The van der Waals surface area contributed by atoms with Gasteiger partial charge in [0.05, 0.1) is 31.2 Å². The summed E-state index contributed by atoms with van der Waals surface area (Å²) >= 11 is 1.33. The van der Waals surface area contributed by atoms with Gasteiger partial charge in [-0.15, -0.1) is 5.10 Å². The third kappa shape index (κ3) is 3.72. The predicted octanol–water partition coefficient (Wildman–Crippen LogP) is -0.245. The maximum atomic E-state index is 12.0. The van der Waals surface area contributed by atoms with E-state index in [4.69, 9.17) is 9.47 Å². The van der Waals surface area contributed by atoms with Crippen molar-refractivity contribution in [2.45, 2.75) is 42.7 Å². The van der Waals surface area contributed by atoms with Crippen LogP contribution in [0.1, 0.15) is 19.3 Å². The van der Waals surface area contributed by atoms with Gasteiger partial charge in [-0.2, -0.15) is 0 Å². The Labute approximate surface area is 126 Å². The standard InChI is InChI=1S/C12H19N5O3S/c1-17-12(14-15-16-17)21-7-11(18)13-8-2-3-9-10(6-8)20-5-4-19-9/h8-10H,2-7H2,1H3,(H,13,18). The van der Waals surface area contributed by atoms with E-state index < -0.39 is 0 Å². The second-order valence-electron chi connectivity index (χ2n) is 5.27. The number of nitrogens with one attached hydrogen (secondary N) is 1. The van der Waals surface area contributed by atoms with Crippen LogP contribution >= 0.6 is 11.8 Å². The normalized spacial score (nSPS) is 28.9. The Kier molecular flexibility index (Phi) is 4.71. The second-order valence-corrected chi connectivity index (χ2v) is 6.21. The first-order chi connectivity index (χ1) is 10.2. The van der Waals surface area contributed by atoms with Crippen molar-refractivity contribution in [2.75, 3.05) is 19.0 Å². The van der Waals surface area contributed by atoms with Crippen LogP contribution in [0.3, 0.4) is 0 Å². The molecule has 1 aromatic rings. The lowest BCUT2D eigenvalue weighted by molar-refractivity contribution is -0.158. The number of hydrogen-bond acceptors (Lipinski definition) is 7. The van der Waals surface area contributed by atoms with Crippen molar-refractivity contribution < 1.29 is 14.3 Å². The zero-order valence-electron chi connectivity index (χ0n) is 11.9. The molecule has 2 fully saturated rings. The van der Waals surface area contributed by atoms with Crippen LogP contribution in [0.15, 0.2) is 5.16 Å². The van der Waals surface area contributed by atoms with Gasteiger partial charge in [-0.25, -0.2) is 4.68 Å². The number of carbonyl (C=O) groups excluding carboxylic acids is 1. The van der Waals surface area contributed by atoms with Gasteiger partial charge < -0.3 is 14.8 Å². The molecule has 3 atom stereocenters. The molecule has 9 heteroatoms. The lowest BCUT2D eigenvalue weighted by Gasteiger charge is -2.39. The van der Waals surface area contributed by atoms with Gasteiger partial charge in [-0.05, 0) is 29.7 Å². The smallest absolute Gasteiger partial charge is 0.230 e. The fourth-order valence-electron chi connectivity index (χ4n) is 2.74. The van der Waals surface area contributed by atoms with Crippen LogP contribution < -0.4 is 5.32 Å². The largest absolute Gasteiger partial charge is 0.373 e. The first kappa shape index (κ1) is 14.7. The quantitative estimate of drug-likeness (QED) is 0.767. The average Bonchev–Trinajstić information content (AvgIpc) is 2.90. The molecule has 1 amide bonds. The number of tetrazole rings is 1. The molecule has 1 aromatic heterocycles. The van der Waals surface area contributed by atoms with Crippen LogP contribution in [0.25, 0.3) is 0 Å². The first-order valence-electron chi connectivity index (χ1n) is 7.10. The Morgan fingerprint density at radius 1 is 1.38 bits per heavy atom. The lowest BCUT2D eigenvalue weighted by atomic mass is 9.89. The Balaban J connectivity index is 1.43. The molecule has 3 unspecified atom stereocenters. The predicted molar refractivity (Wildman–Crippen MR) is 74.8 cm³/mol. The number of ether oxygens (including phenoxy) is 2. The number of amides is 1. The molecule has 1 aliphatic heterocycles. The van der Waals surface area contributed by atoms with E-state index in [-0.39, 0.29) is 24.2 Å². The van der Waals surface area contributed by atoms with E-state index in [1.54, 1.807) is 11.7 Å². The fourth-order valence-corrected chi connectivity index (χ4v) is 3.40. The van der Waals surface area contributed by atoms with Gasteiger partial charge >= 0.3 is 0 Å². The topological polar surface area (TPSA) is 91.2 Å². The number of rotatable bonds is 4. The molecule has 1 N–H and O–H groups in total. The summed E-state index contributed by atoms with van der Waals surface area (Å²) < 4.78 is 12.9. The number of nitrogens with zero attached hydrogens (tertiary/aromatic N) is 4. The van der Waals surface area contributed by atoms with Gasteiger partial charge in [0, 0.05) is 13.1 Å². The third-order valence-corrected chi connectivity index (χ3v) is 4.77. The van der Waals surface area contributed by atoms with Crippen LogP contribution in [-0.4, -0.2) is 63.3 Å². The molecule has 3 rings (SSSR count). The lowest BCUT2D eigenvalue weighted by Crippen LogP contribution is -2.49. The van der Waals surface area contributed by atoms with Crippen LogP contribution in [0.4, 0.5) is 0 Å². The molecule has 2 heterocycles. The molecule has 1 saturated carbocycles. The number of carbonyl (C=O) groups is 1. The zero-order valence-corrected chi connectivity index (χ0v) is 12.7. The molecular weight excluding hydrogens is 294 g/mol. The summed E-state index contributed by atoms with van der Waals surface area (Å²) in [7, 11) is 1.75. The van der Waals surface area contributed by atoms with Crippen molar-refractivity contribution in [3.8, 4) is 0 Å². The summed E-state index contributed by atoms with van der Waals surface area (Å²) in [5, 5.41) is 14.8. The van der Waals surface area contributed by atoms with E-state index in [0.29, 0.717) is 24.1 Å². The molecule has 1 aliphatic carbocycles. The Morgan fingerprint density at radius 2 is 2.19 bits per heavy atom. The maximum Gasteiger partial charge on any atom is 0.230 e. The molecular formula is C12H19N5O3S. The van der Waals surface area contributed by atoms with E-state index in [2.05, 4.69) is 20.8 Å². The number of hydrogen-bond donors (Lipinski definition) is 1. The molecule has 0 bridgehead atoms. The summed E-state index contributed by atoms with van der Waals surface area (Å²) in [5.41, 5.74) is 0. The first-order valence-corrected chi connectivity index (χ1v) is 8.08. The highest BCUT2D eigenvalue weighted by molar-refractivity contribution is 7.99. The van der Waals surface area contributed by atoms with E-state index in [9.17, 15) is 4.79 Å². The van der Waals surface area contributed by atoms with Crippen LogP contribution in [0, 0.1) is 0 Å². The van der Waals surface area contributed by atoms with Gasteiger partial charge in [-0.1, -0.05) is 11.8 Å². The zero-order chi connectivity index (χ0) is 14.7. The minimum atomic E-state index is 0.00294. The van der Waals surface area contributed by atoms with Crippen LogP contribution in [0.2, 0.25) is 0 Å². The van der Waals surface area contributed by atoms with E-state index in [1.807, 2.05) is 0 Å². The number of thioether (sulfide) groups is 1. The Bertz CT molecular complexity index is 497. The molecule has 116 valence electrons. The number of aryl methyl sites for hydroxylation is 1. The fraction of sp³-hybridized carbons (Fsp3) is 0.833. The molecule has 21 heavy (non-hydrogen) atoms. The van der Waals surface area contributed by atoms with Gasteiger partial charge in [0.15, 0.2) is 0 Å². The summed E-state index contributed by atoms with van der Waals surface area (Å²) in [4.78, 5) is 12.0. The van der Waals surface area contributed by atoms with Crippen molar-refractivity contribution in [2.24, 2.45) is 7.05 Å². The van der Waals surface area contributed by atoms with Crippen LogP contribution in [0.5, 0.6) is 0 Å². The minimum absolute atomic E-state index is 0.00294. The average molecular weight is 313 g/mol. The summed E-state index contributed by atoms with van der Waals surface area (Å²) in [6.07, 6.45) is 3.02. The highest BCUT2D eigenvalue weighted by Crippen LogP contribution is 2.26. The molecule has 1 saturated heterocycles. The minimum Gasteiger partial charge on any atom is -0.373 e. The summed E-state index contributed by atoms with van der Waals surface area (Å²) in [6.45, 7) is 1.33. The molecule has 0 radical (unpaired) electrons.